The smallest absolute Gasteiger partial charge is 0.328 e. The Morgan fingerprint density at radius 3 is 2.76 bits per heavy atom. The Bertz CT molecular complexity index is 652. The molecule has 0 atom stereocenters. The number of carbonyl (C=O) groups is 2. The van der Waals surface area contributed by atoms with Crippen molar-refractivity contribution < 1.29 is 23.1 Å². The van der Waals surface area contributed by atoms with Crippen molar-refractivity contribution >= 4 is 27.8 Å². The maximum Gasteiger partial charge on any atom is 0.328 e. The highest BCUT2D eigenvalue weighted by Gasteiger charge is 2.12. The van der Waals surface area contributed by atoms with Gasteiger partial charge in [0.05, 0.1) is 5.75 Å². The lowest BCUT2D eigenvalue weighted by molar-refractivity contribution is -0.131. The molecule has 0 aromatic carbocycles. The van der Waals surface area contributed by atoms with E-state index in [9.17, 15) is 18.0 Å². The molecule has 21 heavy (non-hydrogen) atoms. The van der Waals surface area contributed by atoms with E-state index in [2.05, 4.69) is 10.3 Å². The number of carbonyl (C=O) groups excluding carboxylic acids is 1. The minimum Gasteiger partial charge on any atom is -0.478 e. The summed E-state index contributed by atoms with van der Waals surface area (Å²) < 4.78 is 22.6. The molecule has 0 aliphatic carbocycles. The van der Waals surface area contributed by atoms with Crippen molar-refractivity contribution in [3.05, 3.63) is 35.7 Å². The molecule has 0 radical (unpaired) electrons. The van der Waals surface area contributed by atoms with E-state index in [4.69, 9.17) is 5.11 Å². The summed E-state index contributed by atoms with van der Waals surface area (Å²) in [5, 5.41) is 11.1. The number of nitrogens with zero attached hydrogens (tertiary/aromatic N) is 1. The highest BCUT2D eigenvalue weighted by atomic mass is 32.2. The van der Waals surface area contributed by atoms with E-state index in [1.807, 2.05) is 0 Å². The molecule has 0 fully saturated rings. The molecule has 0 unspecified atom stereocenters. The van der Waals surface area contributed by atoms with E-state index < -0.39 is 21.7 Å². The average molecular weight is 312 g/mol. The number of aliphatic carboxylic acids is 1. The summed E-state index contributed by atoms with van der Waals surface area (Å²) in [6.07, 6.45) is 4.91. The first-order valence-electron chi connectivity index (χ1n) is 6.19. The van der Waals surface area contributed by atoms with Crippen LogP contribution in [0.1, 0.15) is 22.8 Å². The fourth-order valence-corrected chi connectivity index (χ4v) is 2.17. The third-order valence-corrected chi connectivity index (χ3v) is 4.35. The van der Waals surface area contributed by atoms with Gasteiger partial charge < -0.3 is 10.4 Å². The van der Waals surface area contributed by atoms with Gasteiger partial charge in [0.1, 0.15) is 0 Å². The Morgan fingerprint density at radius 1 is 1.43 bits per heavy atom. The first-order chi connectivity index (χ1) is 9.85. The molecule has 7 nitrogen and oxygen atoms in total. The maximum atomic E-state index is 12.0. The Hall–Kier alpha value is -2.22. The van der Waals surface area contributed by atoms with E-state index >= 15 is 0 Å². The van der Waals surface area contributed by atoms with E-state index in [1.54, 1.807) is 0 Å². The standard InChI is InChI=1S/C13H16N2O5S/c1-2-21(19,20)8-7-15-13(18)11-5-6-14-9-10(11)3-4-12(16)17/h3-6,9H,2,7-8H2,1H3,(H,15,18)(H,16,17)/b4-3+. The maximum absolute atomic E-state index is 12.0. The van der Waals surface area contributed by atoms with Crippen molar-refractivity contribution in [3.63, 3.8) is 0 Å². The predicted octanol–water partition coefficient (Wildman–Crippen LogP) is 0.344. The lowest BCUT2D eigenvalue weighted by atomic mass is 10.1. The van der Waals surface area contributed by atoms with Crippen molar-refractivity contribution in [2.24, 2.45) is 0 Å². The normalized spacial score (nSPS) is 11.5. The van der Waals surface area contributed by atoms with Crippen LogP contribution in [-0.2, 0) is 14.6 Å². The summed E-state index contributed by atoms with van der Waals surface area (Å²) in [4.78, 5) is 26.3. The number of pyridine rings is 1. The zero-order chi connectivity index (χ0) is 15.9. The second-order valence-electron chi connectivity index (χ2n) is 4.13. The van der Waals surface area contributed by atoms with Crippen molar-refractivity contribution in [1.29, 1.82) is 0 Å². The monoisotopic (exact) mass is 312 g/mol. The summed E-state index contributed by atoms with van der Waals surface area (Å²) in [6, 6.07) is 1.44. The third-order valence-electron chi connectivity index (χ3n) is 2.64. The van der Waals surface area contributed by atoms with Crippen LogP contribution < -0.4 is 5.32 Å². The Kier molecular flexibility index (Phi) is 6.04. The lowest BCUT2D eigenvalue weighted by Gasteiger charge is -2.07. The van der Waals surface area contributed by atoms with Gasteiger partial charge in [-0.1, -0.05) is 6.92 Å². The van der Waals surface area contributed by atoms with Gasteiger partial charge in [-0.2, -0.15) is 0 Å². The van der Waals surface area contributed by atoms with Gasteiger partial charge in [-0.3, -0.25) is 9.78 Å². The summed E-state index contributed by atoms with van der Waals surface area (Å²) in [7, 11) is -3.15. The zero-order valence-corrected chi connectivity index (χ0v) is 12.3. The van der Waals surface area contributed by atoms with Crippen LogP contribution in [0.15, 0.2) is 24.5 Å². The van der Waals surface area contributed by atoms with E-state index in [0.29, 0.717) is 5.56 Å². The molecule has 114 valence electrons. The number of hydrogen-bond donors (Lipinski definition) is 2. The van der Waals surface area contributed by atoms with Gasteiger partial charge in [0.25, 0.3) is 5.91 Å². The first-order valence-corrected chi connectivity index (χ1v) is 8.01. The Morgan fingerprint density at radius 2 is 2.14 bits per heavy atom. The fourth-order valence-electron chi connectivity index (χ4n) is 1.47. The molecule has 1 rings (SSSR count). The van der Waals surface area contributed by atoms with E-state index in [0.717, 1.165) is 6.08 Å². The molecule has 0 bridgehead atoms. The summed E-state index contributed by atoms with van der Waals surface area (Å²) in [5.74, 6) is -1.74. The number of nitrogens with one attached hydrogen (secondary N) is 1. The van der Waals surface area contributed by atoms with Gasteiger partial charge in [-0.25, -0.2) is 13.2 Å². The van der Waals surface area contributed by atoms with Crippen molar-refractivity contribution in [2.45, 2.75) is 6.92 Å². The fraction of sp³-hybridized carbons (Fsp3) is 0.308. The molecule has 1 heterocycles. The molecular weight excluding hydrogens is 296 g/mol. The van der Waals surface area contributed by atoms with Crippen LogP contribution in [-0.4, -0.2) is 48.4 Å². The molecule has 1 amide bonds. The number of carboxylic acids is 1. The van der Waals surface area contributed by atoms with Gasteiger partial charge in [0, 0.05) is 41.9 Å². The minimum absolute atomic E-state index is 0.000581. The number of aromatic nitrogens is 1. The van der Waals surface area contributed by atoms with Gasteiger partial charge in [-0.05, 0) is 12.1 Å². The zero-order valence-electron chi connectivity index (χ0n) is 11.4. The lowest BCUT2D eigenvalue weighted by Crippen LogP contribution is -2.30. The summed E-state index contributed by atoms with van der Waals surface area (Å²) >= 11 is 0. The highest BCUT2D eigenvalue weighted by Crippen LogP contribution is 2.09. The van der Waals surface area contributed by atoms with Crippen LogP contribution in [0.3, 0.4) is 0 Å². The van der Waals surface area contributed by atoms with E-state index in [-0.39, 0.29) is 23.6 Å². The molecule has 0 saturated heterocycles. The Balaban J connectivity index is 2.77. The van der Waals surface area contributed by atoms with Crippen molar-refractivity contribution in [2.75, 3.05) is 18.1 Å². The molecule has 2 N–H and O–H groups in total. The quantitative estimate of drug-likeness (QED) is 0.702. The van der Waals surface area contributed by atoms with Gasteiger partial charge in [0.2, 0.25) is 0 Å². The topological polar surface area (TPSA) is 113 Å². The van der Waals surface area contributed by atoms with Crippen LogP contribution in [0.2, 0.25) is 0 Å². The molecule has 0 spiro atoms. The molecular formula is C13H16N2O5S. The van der Waals surface area contributed by atoms with Crippen LogP contribution >= 0.6 is 0 Å². The summed E-state index contributed by atoms with van der Waals surface area (Å²) in [5.41, 5.74) is 0.576. The van der Waals surface area contributed by atoms with Gasteiger partial charge in [0.15, 0.2) is 9.84 Å². The van der Waals surface area contributed by atoms with E-state index in [1.165, 1.54) is 31.5 Å². The molecule has 0 aliphatic heterocycles. The second-order valence-corrected chi connectivity index (χ2v) is 6.60. The molecule has 0 aliphatic rings. The minimum atomic E-state index is -3.15. The number of amides is 1. The van der Waals surface area contributed by atoms with Crippen LogP contribution in [0.4, 0.5) is 0 Å². The number of rotatable bonds is 7. The first kappa shape index (κ1) is 16.8. The van der Waals surface area contributed by atoms with Crippen molar-refractivity contribution in [1.82, 2.24) is 10.3 Å². The molecule has 0 saturated carbocycles. The number of hydrogen-bond acceptors (Lipinski definition) is 5. The largest absolute Gasteiger partial charge is 0.478 e. The van der Waals surface area contributed by atoms with Crippen LogP contribution in [0.25, 0.3) is 6.08 Å². The number of carboxylic acid groups (broad SMARTS) is 1. The van der Waals surface area contributed by atoms with Gasteiger partial charge in [-0.15, -0.1) is 0 Å². The summed E-state index contributed by atoms with van der Waals surface area (Å²) in [6.45, 7) is 1.54. The van der Waals surface area contributed by atoms with Crippen molar-refractivity contribution in [3.8, 4) is 0 Å². The average Bonchev–Trinajstić information content (AvgIpc) is 2.45. The van der Waals surface area contributed by atoms with Gasteiger partial charge >= 0.3 is 5.97 Å². The molecule has 8 heteroatoms. The van der Waals surface area contributed by atoms with Crippen LogP contribution in [0, 0.1) is 0 Å². The highest BCUT2D eigenvalue weighted by molar-refractivity contribution is 7.91. The predicted molar refractivity (Wildman–Crippen MR) is 77.6 cm³/mol. The van der Waals surface area contributed by atoms with Crippen LogP contribution in [0.5, 0.6) is 0 Å². The second kappa shape index (κ2) is 7.53. The Labute approximate surface area is 122 Å². The third kappa shape index (κ3) is 5.74. The number of sulfone groups is 1. The molecule has 1 aromatic rings. The molecule has 1 aromatic heterocycles. The SMILES string of the molecule is CCS(=O)(=O)CCNC(=O)c1ccncc1/C=C/C(=O)O.